The van der Waals surface area contributed by atoms with Gasteiger partial charge in [0, 0.05) is 5.57 Å². The van der Waals surface area contributed by atoms with Crippen molar-refractivity contribution < 1.29 is 19.0 Å². The maximum Gasteiger partial charge on any atom is 0.322 e. The van der Waals surface area contributed by atoms with Gasteiger partial charge in [-0.25, -0.2) is 0 Å². The number of hydrogen-bond donors (Lipinski definition) is 0. The molecule has 5 heteroatoms. The number of carbonyl (C=O) groups is 3. The first kappa shape index (κ1) is 8.71. The Bertz CT molecular complexity index is 303. The van der Waals surface area contributed by atoms with Crippen LogP contribution in [-0.2, 0) is 19.0 Å². The van der Waals surface area contributed by atoms with Gasteiger partial charge in [0.15, 0.2) is 11.5 Å². The molecule has 12 heavy (non-hydrogen) atoms. The van der Waals surface area contributed by atoms with Gasteiger partial charge < -0.3 is 4.65 Å². The van der Waals surface area contributed by atoms with E-state index in [1.807, 2.05) is 0 Å². The van der Waals surface area contributed by atoms with Crippen LogP contribution in [0.4, 0.5) is 0 Å². The van der Waals surface area contributed by atoms with Crippen molar-refractivity contribution in [2.45, 2.75) is 13.3 Å². The molecule has 0 fully saturated rings. The molecule has 0 amide bonds. The third-order valence-corrected chi connectivity index (χ3v) is 1.74. The topological polar surface area (TPSA) is 60.4 Å². The first-order chi connectivity index (χ1) is 5.57. The van der Waals surface area contributed by atoms with E-state index in [4.69, 9.17) is 0 Å². The molecule has 0 saturated heterocycles. The van der Waals surface area contributed by atoms with Crippen LogP contribution in [0, 0.1) is 0 Å². The van der Waals surface area contributed by atoms with Crippen LogP contribution in [0.25, 0.3) is 0 Å². The zero-order valence-corrected chi connectivity index (χ0v) is 6.84. The molecule has 0 spiro atoms. The maximum absolute atomic E-state index is 11.0. The molecule has 0 atom stereocenters. The number of carbonyl (C=O) groups excluding carboxylic acids is 3. The maximum atomic E-state index is 11.0. The largest absolute Gasteiger partial charge is 0.565 e. The molecule has 0 aliphatic heterocycles. The third kappa shape index (κ3) is 1.18. The number of allylic oxidation sites excluding steroid dienone is 2. The Morgan fingerprint density at radius 2 is 1.83 bits per heavy atom. The predicted octanol–water partition coefficient (Wildman–Crippen LogP) is -1.06. The van der Waals surface area contributed by atoms with Crippen LogP contribution in [0.2, 0.25) is 0 Å². The summed E-state index contributed by atoms with van der Waals surface area (Å²) >= 11 is 0. The second kappa shape index (κ2) is 2.93. The minimum absolute atomic E-state index is 0.115. The summed E-state index contributed by atoms with van der Waals surface area (Å²) in [7, 11) is 1.27. The van der Waals surface area contributed by atoms with Crippen molar-refractivity contribution in [2.75, 3.05) is 0 Å². The van der Waals surface area contributed by atoms with Crippen molar-refractivity contribution in [3.8, 4) is 0 Å². The smallest absolute Gasteiger partial charge is 0.322 e. The number of rotatable bonds is 1. The zero-order valence-electron chi connectivity index (χ0n) is 6.84. The van der Waals surface area contributed by atoms with E-state index in [2.05, 4.69) is 4.65 Å². The Morgan fingerprint density at radius 3 is 2.33 bits per heavy atom. The van der Waals surface area contributed by atoms with Crippen LogP contribution in [0.15, 0.2) is 11.3 Å². The first-order valence-electron chi connectivity index (χ1n) is 3.43. The van der Waals surface area contributed by atoms with E-state index in [-0.39, 0.29) is 23.5 Å². The van der Waals surface area contributed by atoms with E-state index in [0.717, 1.165) is 0 Å². The van der Waals surface area contributed by atoms with E-state index >= 15 is 0 Å². The number of Topliss-reactive ketones (excluding diaryl/α,β-unsaturated/α-hetero) is 3. The molecule has 0 aromatic heterocycles. The molecular formula is C7H7BO4. The van der Waals surface area contributed by atoms with Gasteiger partial charge >= 0.3 is 8.05 Å². The van der Waals surface area contributed by atoms with Gasteiger partial charge in [-0.15, -0.1) is 0 Å². The fourth-order valence-electron chi connectivity index (χ4n) is 1.03. The summed E-state index contributed by atoms with van der Waals surface area (Å²) in [6.45, 7) is 1.48. The molecule has 1 aliphatic rings. The lowest BCUT2D eigenvalue weighted by atomic mass is 9.95. The first-order valence-corrected chi connectivity index (χ1v) is 3.43. The zero-order chi connectivity index (χ0) is 9.30. The minimum atomic E-state index is -0.699. The molecule has 0 bridgehead atoms. The molecule has 0 saturated carbocycles. The van der Waals surface area contributed by atoms with Crippen LogP contribution < -0.4 is 0 Å². The lowest BCUT2D eigenvalue weighted by Gasteiger charge is -2.13. The highest BCUT2D eigenvalue weighted by molar-refractivity contribution is 6.49. The van der Waals surface area contributed by atoms with E-state index in [0.29, 0.717) is 0 Å². The van der Waals surface area contributed by atoms with Crippen LogP contribution in [0.3, 0.4) is 0 Å². The molecule has 1 rings (SSSR count). The summed E-state index contributed by atoms with van der Waals surface area (Å²) < 4.78 is 4.64. The lowest BCUT2D eigenvalue weighted by Crippen LogP contribution is -2.28. The quantitative estimate of drug-likeness (QED) is 0.283. The van der Waals surface area contributed by atoms with E-state index < -0.39 is 11.6 Å². The summed E-state index contributed by atoms with van der Waals surface area (Å²) in [6.07, 6.45) is -0.322. The Labute approximate surface area is 70.0 Å². The summed E-state index contributed by atoms with van der Waals surface area (Å²) in [5, 5.41) is 0. The number of hydrogen-bond acceptors (Lipinski definition) is 4. The van der Waals surface area contributed by atoms with E-state index in [1.165, 1.54) is 15.0 Å². The van der Waals surface area contributed by atoms with Gasteiger partial charge in [-0.1, -0.05) is 0 Å². The molecule has 1 aliphatic carbocycles. The SMILES string of the molecule is BOC1=C(C)C(=O)CC(=O)C1=O. The summed E-state index contributed by atoms with van der Waals surface area (Å²) in [6, 6.07) is 0. The van der Waals surface area contributed by atoms with Gasteiger partial charge in [0.25, 0.3) is 5.78 Å². The van der Waals surface area contributed by atoms with Gasteiger partial charge in [0.05, 0.1) is 6.42 Å². The fourth-order valence-corrected chi connectivity index (χ4v) is 1.03. The second-order valence-electron chi connectivity index (χ2n) is 2.51. The molecule has 0 heterocycles. The summed E-state index contributed by atoms with van der Waals surface area (Å²) in [5.41, 5.74) is 0.238. The summed E-state index contributed by atoms with van der Waals surface area (Å²) in [4.78, 5) is 32.9. The van der Waals surface area contributed by atoms with Gasteiger partial charge in [-0.2, -0.15) is 0 Å². The highest BCUT2D eigenvalue weighted by atomic mass is 16.4. The van der Waals surface area contributed by atoms with Crippen molar-refractivity contribution in [1.29, 1.82) is 0 Å². The van der Waals surface area contributed by atoms with Crippen molar-refractivity contribution in [3.05, 3.63) is 11.3 Å². The van der Waals surface area contributed by atoms with Crippen molar-refractivity contribution >= 4 is 25.4 Å². The van der Waals surface area contributed by atoms with E-state index in [9.17, 15) is 14.4 Å². The number of ketones is 3. The molecule has 0 aromatic rings. The Kier molecular flexibility index (Phi) is 2.12. The summed E-state index contributed by atoms with van der Waals surface area (Å²) in [5.74, 6) is -1.84. The van der Waals surface area contributed by atoms with Gasteiger partial charge in [-0.05, 0) is 6.92 Å². The minimum Gasteiger partial charge on any atom is -0.565 e. The second-order valence-corrected chi connectivity index (χ2v) is 2.51. The predicted molar refractivity (Wildman–Crippen MR) is 42.0 cm³/mol. The van der Waals surface area contributed by atoms with Crippen LogP contribution in [0.1, 0.15) is 13.3 Å². The van der Waals surface area contributed by atoms with Gasteiger partial charge in [0.2, 0.25) is 5.78 Å². The molecule has 0 unspecified atom stereocenters. The van der Waals surface area contributed by atoms with Crippen molar-refractivity contribution in [1.82, 2.24) is 0 Å². The average Bonchev–Trinajstić information content (AvgIpc) is 2.02. The Morgan fingerprint density at radius 1 is 1.25 bits per heavy atom. The molecular weight excluding hydrogens is 159 g/mol. The Hall–Kier alpha value is -1.39. The fraction of sp³-hybridized carbons (Fsp3) is 0.286. The van der Waals surface area contributed by atoms with Crippen molar-refractivity contribution in [3.63, 3.8) is 0 Å². The van der Waals surface area contributed by atoms with Crippen LogP contribution in [-0.4, -0.2) is 25.4 Å². The van der Waals surface area contributed by atoms with Gasteiger partial charge in [-0.3, -0.25) is 14.4 Å². The highest BCUT2D eigenvalue weighted by Crippen LogP contribution is 2.16. The van der Waals surface area contributed by atoms with Crippen molar-refractivity contribution in [2.24, 2.45) is 0 Å². The van der Waals surface area contributed by atoms with Crippen LogP contribution in [0.5, 0.6) is 0 Å². The average molecular weight is 166 g/mol. The standard InChI is InChI=1S/C7H7BO4/c1-3-4(9)2-5(10)6(11)7(3)12-8/h2,8H2,1H3. The Balaban J connectivity index is 3.18. The molecule has 0 aromatic carbocycles. The molecule has 62 valence electrons. The monoisotopic (exact) mass is 166 g/mol. The van der Waals surface area contributed by atoms with E-state index in [1.54, 1.807) is 0 Å². The highest BCUT2D eigenvalue weighted by Gasteiger charge is 2.31. The van der Waals surface area contributed by atoms with Gasteiger partial charge in [0.1, 0.15) is 0 Å². The van der Waals surface area contributed by atoms with Crippen LogP contribution >= 0.6 is 0 Å². The normalized spacial score (nSPS) is 18.6. The molecule has 0 radical (unpaired) electrons. The molecule has 4 nitrogen and oxygen atoms in total. The third-order valence-electron chi connectivity index (χ3n) is 1.74. The molecule has 0 N–H and O–H groups in total. The lowest BCUT2D eigenvalue weighted by molar-refractivity contribution is -0.138.